The summed E-state index contributed by atoms with van der Waals surface area (Å²) < 4.78 is 3.29. The third kappa shape index (κ3) is 2.42. The second-order valence-corrected chi connectivity index (χ2v) is 6.82. The highest BCUT2D eigenvalue weighted by Gasteiger charge is 2.17. The van der Waals surface area contributed by atoms with Gasteiger partial charge in [0.05, 0.1) is 16.6 Å². The third-order valence-electron chi connectivity index (χ3n) is 5.08. The lowest BCUT2D eigenvalue weighted by atomic mass is 10.1. The number of nitrogens with zero attached hydrogens (tertiary/aromatic N) is 5. The van der Waals surface area contributed by atoms with Crippen molar-refractivity contribution in [1.29, 1.82) is 0 Å². The zero-order valence-corrected chi connectivity index (χ0v) is 15.5. The van der Waals surface area contributed by atoms with Crippen LogP contribution in [0.25, 0.3) is 33.6 Å². The van der Waals surface area contributed by atoms with Crippen LogP contribution in [0.5, 0.6) is 0 Å². The number of pyridine rings is 1. The van der Waals surface area contributed by atoms with Crippen LogP contribution in [0.4, 0.5) is 0 Å². The van der Waals surface area contributed by atoms with Gasteiger partial charge in [-0.2, -0.15) is 14.6 Å². The molecule has 136 valence electrons. The van der Waals surface area contributed by atoms with Crippen LogP contribution in [0.15, 0.2) is 71.9 Å². The first-order chi connectivity index (χ1) is 13.6. The highest BCUT2D eigenvalue weighted by atomic mass is 16.1. The van der Waals surface area contributed by atoms with Crippen molar-refractivity contribution in [1.82, 2.24) is 24.1 Å². The predicted molar refractivity (Wildman–Crippen MR) is 109 cm³/mol. The van der Waals surface area contributed by atoms with Crippen LogP contribution in [0.1, 0.15) is 11.1 Å². The zero-order chi connectivity index (χ0) is 19.3. The molecule has 0 aliphatic heterocycles. The van der Waals surface area contributed by atoms with Crippen LogP contribution in [0, 0.1) is 13.8 Å². The molecule has 0 unspecified atom stereocenters. The summed E-state index contributed by atoms with van der Waals surface area (Å²) >= 11 is 0. The lowest BCUT2D eigenvalue weighted by Gasteiger charge is -2.12. The zero-order valence-electron chi connectivity index (χ0n) is 15.5. The summed E-state index contributed by atoms with van der Waals surface area (Å²) in [5, 5.41) is 4.83. The molecule has 0 bridgehead atoms. The molecule has 5 aromatic rings. The van der Waals surface area contributed by atoms with Gasteiger partial charge in [-0.25, -0.2) is 4.98 Å². The molecule has 0 spiro atoms. The van der Waals surface area contributed by atoms with E-state index in [-0.39, 0.29) is 5.56 Å². The molecule has 0 fully saturated rings. The summed E-state index contributed by atoms with van der Waals surface area (Å²) in [6.45, 7) is 4.10. The molecule has 0 radical (unpaired) electrons. The van der Waals surface area contributed by atoms with Gasteiger partial charge < -0.3 is 0 Å². The Morgan fingerprint density at radius 1 is 0.929 bits per heavy atom. The minimum absolute atomic E-state index is 0.135. The van der Waals surface area contributed by atoms with E-state index in [4.69, 9.17) is 0 Å². The van der Waals surface area contributed by atoms with Crippen molar-refractivity contribution in [2.24, 2.45) is 0 Å². The smallest absolute Gasteiger partial charge is 0.266 e. The van der Waals surface area contributed by atoms with Crippen molar-refractivity contribution in [3.63, 3.8) is 0 Å². The molecule has 0 saturated carbocycles. The largest absolute Gasteiger partial charge is 0.284 e. The van der Waals surface area contributed by atoms with E-state index in [0.29, 0.717) is 22.4 Å². The first kappa shape index (κ1) is 16.4. The van der Waals surface area contributed by atoms with Crippen molar-refractivity contribution in [2.45, 2.75) is 13.8 Å². The number of hydrogen-bond donors (Lipinski definition) is 0. The van der Waals surface area contributed by atoms with E-state index in [0.717, 1.165) is 16.8 Å². The number of benzene rings is 2. The molecule has 6 nitrogen and oxygen atoms in total. The van der Waals surface area contributed by atoms with E-state index in [1.165, 1.54) is 11.9 Å². The molecule has 0 saturated heterocycles. The minimum Gasteiger partial charge on any atom is -0.284 e. The Morgan fingerprint density at radius 2 is 1.75 bits per heavy atom. The van der Waals surface area contributed by atoms with E-state index in [1.54, 1.807) is 15.3 Å². The molecule has 5 rings (SSSR count). The summed E-state index contributed by atoms with van der Waals surface area (Å²) in [6.07, 6.45) is 3.22. The molecular weight excluding hydrogens is 350 g/mol. The lowest BCUT2D eigenvalue weighted by molar-refractivity contribution is 0.947. The quantitative estimate of drug-likeness (QED) is 0.477. The Bertz CT molecular complexity index is 1400. The Kier molecular flexibility index (Phi) is 3.58. The molecule has 0 aliphatic rings. The average molecular weight is 367 g/mol. The SMILES string of the molecule is Cc1ccc(-n2ccc3nc4ncnn4c(-c4ccccc4)c3c2=O)cc1C. The number of hydrogen-bond acceptors (Lipinski definition) is 4. The number of rotatable bonds is 2. The molecule has 28 heavy (non-hydrogen) atoms. The standard InChI is InChI=1S/C22H17N5O/c1-14-8-9-17(12-15(14)2)26-11-10-18-19(21(26)28)20(16-6-4-3-5-7-16)27-22(25-18)23-13-24-27/h3-13H,1-2H3. The summed E-state index contributed by atoms with van der Waals surface area (Å²) in [4.78, 5) is 22.3. The molecule has 0 amide bonds. The van der Waals surface area contributed by atoms with Crippen molar-refractivity contribution in [3.05, 3.63) is 88.6 Å². The molecule has 0 N–H and O–H groups in total. The highest BCUT2D eigenvalue weighted by molar-refractivity contribution is 5.93. The van der Waals surface area contributed by atoms with Gasteiger partial charge in [0, 0.05) is 17.4 Å². The third-order valence-corrected chi connectivity index (χ3v) is 5.08. The van der Waals surface area contributed by atoms with Crippen LogP contribution >= 0.6 is 0 Å². The van der Waals surface area contributed by atoms with E-state index < -0.39 is 0 Å². The van der Waals surface area contributed by atoms with Crippen LogP contribution in [0.2, 0.25) is 0 Å². The molecule has 2 aromatic carbocycles. The summed E-state index contributed by atoms with van der Waals surface area (Å²) in [5.41, 5.74) is 5.20. The molecule has 3 aromatic heterocycles. The van der Waals surface area contributed by atoms with Gasteiger partial charge in [-0.1, -0.05) is 36.4 Å². The first-order valence-corrected chi connectivity index (χ1v) is 9.01. The maximum absolute atomic E-state index is 13.5. The Balaban J connectivity index is 1.91. The van der Waals surface area contributed by atoms with Gasteiger partial charge in [0.15, 0.2) is 0 Å². The van der Waals surface area contributed by atoms with Crippen molar-refractivity contribution in [2.75, 3.05) is 0 Å². The van der Waals surface area contributed by atoms with Crippen LogP contribution in [-0.4, -0.2) is 24.1 Å². The van der Waals surface area contributed by atoms with E-state index in [2.05, 4.69) is 22.0 Å². The molecule has 6 heteroatoms. The normalized spacial score (nSPS) is 11.4. The second kappa shape index (κ2) is 6.13. The second-order valence-electron chi connectivity index (χ2n) is 6.82. The molecular formula is C22H17N5O. The number of fused-ring (bicyclic) bond motifs is 2. The fourth-order valence-corrected chi connectivity index (χ4v) is 3.47. The Labute approximate surface area is 160 Å². The summed E-state index contributed by atoms with van der Waals surface area (Å²) in [5.74, 6) is 0.467. The van der Waals surface area contributed by atoms with Gasteiger partial charge in [0.1, 0.15) is 6.33 Å². The predicted octanol–water partition coefficient (Wildman–Crippen LogP) is 3.71. The Hall–Kier alpha value is -3.80. The number of aryl methyl sites for hydroxylation is 2. The van der Waals surface area contributed by atoms with Gasteiger partial charge in [-0.15, -0.1) is 0 Å². The molecule has 0 aliphatic carbocycles. The van der Waals surface area contributed by atoms with Gasteiger partial charge in [-0.05, 0) is 43.2 Å². The van der Waals surface area contributed by atoms with Crippen LogP contribution in [-0.2, 0) is 0 Å². The number of aromatic nitrogens is 5. The van der Waals surface area contributed by atoms with Gasteiger partial charge in [-0.3, -0.25) is 9.36 Å². The van der Waals surface area contributed by atoms with Gasteiger partial charge in [0.25, 0.3) is 11.3 Å². The van der Waals surface area contributed by atoms with Gasteiger partial charge >= 0.3 is 0 Å². The van der Waals surface area contributed by atoms with Crippen molar-refractivity contribution >= 4 is 16.7 Å². The topological polar surface area (TPSA) is 65.1 Å². The minimum atomic E-state index is -0.135. The maximum Gasteiger partial charge on any atom is 0.266 e. The van der Waals surface area contributed by atoms with E-state index >= 15 is 0 Å². The van der Waals surface area contributed by atoms with Crippen molar-refractivity contribution < 1.29 is 0 Å². The fourth-order valence-electron chi connectivity index (χ4n) is 3.47. The maximum atomic E-state index is 13.5. The highest BCUT2D eigenvalue weighted by Crippen LogP contribution is 2.26. The fraction of sp³-hybridized carbons (Fsp3) is 0.0909. The van der Waals surface area contributed by atoms with E-state index in [1.807, 2.05) is 61.5 Å². The average Bonchev–Trinajstić information content (AvgIpc) is 3.18. The lowest BCUT2D eigenvalue weighted by Crippen LogP contribution is -2.20. The van der Waals surface area contributed by atoms with Crippen LogP contribution in [0.3, 0.4) is 0 Å². The van der Waals surface area contributed by atoms with E-state index in [9.17, 15) is 4.79 Å². The molecule has 3 heterocycles. The monoisotopic (exact) mass is 367 g/mol. The molecule has 0 atom stereocenters. The van der Waals surface area contributed by atoms with Gasteiger partial charge in [0.2, 0.25) is 0 Å². The first-order valence-electron chi connectivity index (χ1n) is 9.01. The Morgan fingerprint density at radius 3 is 2.54 bits per heavy atom. The van der Waals surface area contributed by atoms with Crippen molar-refractivity contribution in [3.8, 4) is 16.9 Å². The summed E-state index contributed by atoms with van der Waals surface area (Å²) in [7, 11) is 0. The summed E-state index contributed by atoms with van der Waals surface area (Å²) in [6, 6.07) is 17.6. The van der Waals surface area contributed by atoms with Crippen LogP contribution < -0.4 is 5.56 Å².